The van der Waals surface area contributed by atoms with Gasteiger partial charge in [-0.05, 0) is 19.8 Å². The quantitative estimate of drug-likeness (QED) is 0.850. The van der Waals surface area contributed by atoms with E-state index in [1.54, 1.807) is 6.33 Å². The second kappa shape index (κ2) is 3.37. The van der Waals surface area contributed by atoms with Gasteiger partial charge in [0.05, 0.1) is 24.5 Å². The molecule has 5 nitrogen and oxygen atoms in total. The molecule has 0 unspecified atom stereocenters. The zero-order valence-electron chi connectivity index (χ0n) is 9.30. The van der Waals surface area contributed by atoms with Gasteiger partial charge in [-0.15, -0.1) is 0 Å². The molecule has 0 saturated heterocycles. The van der Waals surface area contributed by atoms with Crippen molar-refractivity contribution in [2.24, 2.45) is 0 Å². The number of nitrogen functional groups attached to an aromatic ring is 1. The van der Waals surface area contributed by atoms with Gasteiger partial charge in [-0.3, -0.25) is 0 Å². The maximum absolute atomic E-state index is 6.05. The van der Waals surface area contributed by atoms with Gasteiger partial charge >= 0.3 is 0 Å². The molecule has 2 aromatic heterocycles. The summed E-state index contributed by atoms with van der Waals surface area (Å²) in [6.45, 7) is 2.90. The number of imidazole rings is 2. The summed E-state index contributed by atoms with van der Waals surface area (Å²) in [6, 6.07) is 0.601. The van der Waals surface area contributed by atoms with E-state index in [-0.39, 0.29) is 0 Å². The van der Waals surface area contributed by atoms with Crippen LogP contribution in [-0.2, 0) is 6.54 Å². The average Bonchev–Trinajstić information content (AvgIpc) is 2.91. The zero-order valence-corrected chi connectivity index (χ0v) is 9.30. The lowest BCUT2D eigenvalue weighted by Gasteiger charge is -2.05. The molecule has 2 N–H and O–H groups in total. The Bertz CT molecular complexity index is 506. The molecular weight excluding hydrogens is 202 g/mol. The second-order valence-corrected chi connectivity index (χ2v) is 4.18. The van der Waals surface area contributed by atoms with E-state index in [0.29, 0.717) is 6.04 Å². The van der Waals surface area contributed by atoms with Crippen LogP contribution in [0.2, 0.25) is 0 Å². The van der Waals surface area contributed by atoms with Crippen LogP contribution in [0, 0.1) is 0 Å². The summed E-state index contributed by atoms with van der Waals surface area (Å²) in [5, 5.41) is 0. The molecular formula is C11H15N5. The first-order chi connectivity index (χ1) is 7.81. The van der Waals surface area contributed by atoms with E-state index in [2.05, 4.69) is 21.5 Å². The van der Waals surface area contributed by atoms with Crippen molar-refractivity contribution >= 4 is 5.82 Å². The lowest BCUT2D eigenvalue weighted by molar-refractivity contribution is 0.746. The van der Waals surface area contributed by atoms with Crippen LogP contribution < -0.4 is 5.73 Å². The van der Waals surface area contributed by atoms with Crippen molar-refractivity contribution in [3.05, 3.63) is 18.9 Å². The van der Waals surface area contributed by atoms with Gasteiger partial charge in [-0.1, -0.05) is 0 Å². The third-order valence-electron chi connectivity index (χ3n) is 3.07. The molecule has 1 saturated carbocycles. The first-order valence-electron chi connectivity index (χ1n) is 5.64. The van der Waals surface area contributed by atoms with Crippen molar-refractivity contribution in [1.82, 2.24) is 19.1 Å². The van der Waals surface area contributed by atoms with Crippen LogP contribution >= 0.6 is 0 Å². The van der Waals surface area contributed by atoms with Gasteiger partial charge in [-0.2, -0.15) is 0 Å². The lowest BCUT2D eigenvalue weighted by atomic mass is 10.3. The molecule has 0 aromatic carbocycles. The van der Waals surface area contributed by atoms with Gasteiger partial charge in [0.15, 0.2) is 0 Å². The van der Waals surface area contributed by atoms with Crippen molar-refractivity contribution in [3.8, 4) is 11.4 Å². The number of aromatic nitrogens is 4. The Morgan fingerprint density at radius 3 is 2.88 bits per heavy atom. The second-order valence-electron chi connectivity index (χ2n) is 4.18. The number of nitrogens with zero attached hydrogens (tertiary/aromatic N) is 4. The normalized spacial score (nSPS) is 15.6. The van der Waals surface area contributed by atoms with Crippen LogP contribution in [0.3, 0.4) is 0 Å². The Balaban J connectivity index is 2.07. The molecule has 0 spiro atoms. The molecule has 16 heavy (non-hydrogen) atoms. The maximum Gasteiger partial charge on any atom is 0.133 e. The van der Waals surface area contributed by atoms with Crippen LogP contribution in [0.4, 0.5) is 5.82 Å². The van der Waals surface area contributed by atoms with Crippen molar-refractivity contribution in [2.75, 3.05) is 5.73 Å². The first kappa shape index (κ1) is 9.45. The number of rotatable bonds is 3. The minimum atomic E-state index is 0.601. The summed E-state index contributed by atoms with van der Waals surface area (Å²) in [7, 11) is 0. The first-order valence-corrected chi connectivity index (χ1v) is 5.64. The summed E-state index contributed by atoms with van der Waals surface area (Å²) >= 11 is 0. The van der Waals surface area contributed by atoms with E-state index >= 15 is 0 Å². The molecule has 5 heteroatoms. The van der Waals surface area contributed by atoms with E-state index < -0.39 is 0 Å². The Morgan fingerprint density at radius 1 is 1.44 bits per heavy atom. The molecule has 2 heterocycles. The standard InChI is InChI=1S/C11H15N5/c1-2-15-7-14-10(11(15)12)9-5-13-6-16(9)8-3-4-8/h5-8H,2-4,12H2,1H3. The van der Waals surface area contributed by atoms with Crippen molar-refractivity contribution in [1.29, 1.82) is 0 Å². The van der Waals surface area contributed by atoms with E-state index in [0.717, 1.165) is 23.8 Å². The van der Waals surface area contributed by atoms with Crippen LogP contribution in [0.25, 0.3) is 11.4 Å². The molecule has 0 atom stereocenters. The highest BCUT2D eigenvalue weighted by Crippen LogP contribution is 2.38. The summed E-state index contributed by atoms with van der Waals surface area (Å²) in [6.07, 6.45) is 7.97. The van der Waals surface area contributed by atoms with Crippen molar-refractivity contribution in [3.63, 3.8) is 0 Å². The van der Waals surface area contributed by atoms with Crippen LogP contribution in [-0.4, -0.2) is 19.1 Å². The van der Waals surface area contributed by atoms with E-state index in [1.165, 1.54) is 12.8 Å². The summed E-state index contributed by atoms with van der Waals surface area (Å²) in [5.41, 5.74) is 7.94. The highest BCUT2D eigenvalue weighted by atomic mass is 15.2. The molecule has 2 aromatic rings. The van der Waals surface area contributed by atoms with Gasteiger partial charge in [0.1, 0.15) is 11.5 Å². The molecule has 1 fully saturated rings. The minimum Gasteiger partial charge on any atom is -0.383 e. The van der Waals surface area contributed by atoms with Crippen molar-refractivity contribution < 1.29 is 0 Å². The van der Waals surface area contributed by atoms with E-state index in [9.17, 15) is 0 Å². The minimum absolute atomic E-state index is 0.601. The monoisotopic (exact) mass is 217 g/mol. The number of aryl methyl sites for hydroxylation is 1. The molecule has 0 bridgehead atoms. The fourth-order valence-electron chi connectivity index (χ4n) is 1.97. The van der Waals surface area contributed by atoms with Gasteiger partial charge in [0, 0.05) is 12.6 Å². The molecule has 84 valence electrons. The van der Waals surface area contributed by atoms with Crippen molar-refractivity contribution in [2.45, 2.75) is 32.4 Å². The highest BCUT2D eigenvalue weighted by Gasteiger charge is 2.27. The van der Waals surface area contributed by atoms with Gasteiger partial charge in [0.25, 0.3) is 0 Å². The SMILES string of the molecule is CCn1cnc(-c2cncn2C2CC2)c1N. The summed E-state index contributed by atoms with van der Waals surface area (Å²) in [5.74, 6) is 0.727. The van der Waals surface area contributed by atoms with Gasteiger partial charge < -0.3 is 14.9 Å². The highest BCUT2D eigenvalue weighted by molar-refractivity contribution is 5.67. The molecule has 0 aliphatic heterocycles. The fraction of sp³-hybridized carbons (Fsp3) is 0.455. The summed E-state index contributed by atoms with van der Waals surface area (Å²) < 4.78 is 4.12. The largest absolute Gasteiger partial charge is 0.383 e. The lowest BCUT2D eigenvalue weighted by Crippen LogP contribution is -2.01. The van der Waals surface area contributed by atoms with Gasteiger partial charge in [-0.25, -0.2) is 9.97 Å². The Kier molecular flexibility index (Phi) is 1.99. The average molecular weight is 217 g/mol. The number of nitrogens with two attached hydrogens (primary N) is 1. The number of hydrogen-bond donors (Lipinski definition) is 1. The zero-order chi connectivity index (χ0) is 11.1. The third-order valence-corrected chi connectivity index (χ3v) is 3.07. The van der Waals surface area contributed by atoms with Crippen LogP contribution in [0.1, 0.15) is 25.8 Å². The fourth-order valence-corrected chi connectivity index (χ4v) is 1.97. The number of hydrogen-bond acceptors (Lipinski definition) is 3. The van der Waals surface area contributed by atoms with E-state index in [1.807, 2.05) is 17.1 Å². The van der Waals surface area contributed by atoms with Gasteiger partial charge in [0.2, 0.25) is 0 Å². The topological polar surface area (TPSA) is 61.7 Å². The Morgan fingerprint density at radius 2 is 2.25 bits per heavy atom. The maximum atomic E-state index is 6.05. The van der Waals surface area contributed by atoms with E-state index in [4.69, 9.17) is 5.73 Å². The summed E-state index contributed by atoms with van der Waals surface area (Å²) in [4.78, 5) is 8.57. The molecule has 0 radical (unpaired) electrons. The van der Waals surface area contributed by atoms with Crippen LogP contribution in [0.15, 0.2) is 18.9 Å². The predicted molar refractivity (Wildman–Crippen MR) is 61.8 cm³/mol. The Hall–Kier alpha value is -1.78. The third kappa shape index (κ3) is 1.31. The predicted octanol–water partition coefficient (Wildman–Crippen LogP) is 1.68. The Labute approximate surface area is 93.9 Å². The molecule has 3 rings (SSSR count). The molecule has 0 amide bonds. The molecule has 1 aliphatic rings. The van der Waals surface area contributed by atoms with Crippen LogP contribution in [0.5, 0.6) is 0 Å². The number of anilines is 1. The smallest absolute Gasteiger partial charge is 0.133 e. The molecule has 1 aliphatic carbocycles.